The Morgan fingerprint density at radius 1 is 1.59 bits per heavy atom. The maximum absolute atomic E-state index is 11.8. The van der Waals surface area contributed by atoms with Gasteiger partial charge in [0.05, 0.1) is 6.61 Å². The largest absolute Gasteiger partial charge is 0.392 e. The van der Waals surface area contributed by atoms with E-state index in [1.165, 1.54) is 12.8 Å². The van der Waals surface area contributed by atoms with Crippen molar-refractivity contribution < 1.29 is 9.90 Å². The number of hydrogen-bond donors (Lipinski definition) is 2. The third-order valence-corrected chi connectivity index (χ3v) is 4.57. The van der Waals surface area contributed by atoms with Gasteiger partial charge in [0.1, 0.15) is 11.4 Å². The van der Waals surface area contributed by atoms with Crippen molar-refractivity contribution in [2.45, 2.75) is 37.6 Å². The molecule has 0 aromatic carbocycles. The molecule has 0 spiro atoms. The van der Waals surface area contributed by atoms with Crippen molar-refractivity contribution in [2.75, 3.05) is 18.9 Å². The van der Waals surface area contributed by atoms with Crippen molar-refractivity contribution in [3.05, 3.63) is 11.8 Å². The van der Waals surface area contributed by atoms with E-state index in [9.17, 15) is 4.79 Å². The highest BCUT2D eigenvalue weighted by Crippen LogP contribution is 2.35. The van der Waals surface area contributed by atoms with E-state index < -0.39 is 0 Å². The topological polar surface area (TPSA) is 52.6 Å². The van der Waals surface area contributed by atoms with E-state index in [0.717, 1.165) is 24.3 Å². The molecule has 0 radical (unpaired) electrons. The number of aliphatic hydroxyl groups is 1. The number of rotatable bonds is 6. The minimum absolute atomic E-state index is 0.0200. The zero-order valence-corrected chi connectivity index (χ0v) is 11.0. The molecule has 4 nitrogen and oxygen atoms in total. The molecular formula is C12H20N2O2S. The molecule has 5 heteroatoms. The summed E-state index contributed by atoms with van der Waals surface area (Å²) < 4.78 is 0. The number of carbonyl (C=O) groups is 1. The molecular weight excluding hydrogens is 236 g/mol. The fourth-order valence-electron chi connectivity index (χ4n) is 2.13. The minimum Gasteiger partial charge on any atom is -0.392 e. The van der Waals surface area contributed by atoms with Crippen LogP contribution in [0.25, 0.3) is 0 Å². The van der Waals surface area contributed by atoms with Gasteiger partial charge >= 0.3 is 0 Å². The average Bonchev–Trinajstić information content (AvgIpc) is 2.37. The van der Waals surface area contributed by atoms with Gasteiger partial charge in [-0.3, -0.25) is 4.79 Å². The van der Waals surface area contributed by atoms with Crippen LogP contribution in [-0.2, 0) is 4.79 Å². The zero-order chi connectivity index (χ0) is 12.3. The molecule has 2 aliphatic rings. The van der Waals surface area contributed by atoms with E-state index in [-0.39, 0.29) is 23.9 Å². The van der Waals surface area contributed by atoms with Crippen LogP contribution in [0.5, 0.6) is 0 Å². The number of hydrogen-bond acceptors (Lipinski definition) is 4. The Morgan fingerprint density at radius 3 is 3.12 bits per heavy atom. The van der Waals surface area contributed by atoms with Gasteiger partial charge in [-0.2, -0.15) is 0 Å². The van der Waals surface area contributed by atoms with E-state index in [4.69, 9.17) is 5.11 Å². The van der Waals surface area contributed by atoms with Crippen LogP contribution in [0.1, 0.15) is 26.2 Å². The number of amides is 1. The van der Waals surface area contributed by atoms with Gasteiger partial charge in [-0.1, -0.05) is 19.8 Å². The number of unbranched alkanes of at least 4 members (excludes halogenated alkanes) is 2. The highest BCUT2D eigenvalue weighted by atomic mass is 32.2. The van der Waals surface area contributed by atoms with Gasteiger partial charge in [0.2, 0.25) is 5.91 Å². The Balaban J connectivity index is 1.81. The Morgan fingerprint density at radius 2 is 2.41 bits per heavy atom. The Labute approximate surface area is 106 Å². The SMILES string of the molecule is CCCCCN[C@H]1C(=O)N2C=C(CO)CS[C@@H]12. The molecule has 0 aliphatic carbocycles. The summed E-state index contributed by atoms with van der Waals surface area (Å²) in [7, 11) is 0. The minimum atomic E-state index is -0.0200. The predicted molar refractivity (Wildman–Crippen MR) is 69.6 cm³/mol. The summed E-state index contributed by atoms with van der Waals surface area (Å²) >= 11 is 1.74. The lowest BCUT2D eigenvalue weighted by Crippen LogP contribution is -2.67. The summed E-state index contributed by atoms with van der Waals surface area (Å²) in [5, 5.41) is 12.6. The molecule has 96 valence electrons. The van der Waals surface area contributed by atoms with Crippen molar-refractivity contribution in [3.8, 4) is 0 Å². The van der Waals surface area contributed by atoms with E-state index in [1.807, 2.05) is 6.20 Å². The highest BCUT2D eigenvalue weighted by Gasteiger charge is 2.47. The van der Waals surface area contributed by atoms with Crippen LogP contribution >= 0.6 is 11.8 Å². The molecule has 0 saturated carbocycles. The quantitative estimate of drug-likeness (QED) is 0.548. The molecule has 2 heterocycles. The van der Waals surface area contributed by atoms with Crippen LogP contribution in [0.2, 0.25) is 0 Å². The number of carbonyl (C=O) groups excluding carboxylic acids is 1. The second-order valence-electron chi connectivity index (χ2n) is 4.53. The maximum atomic E-state index is 11.8. The molecule has 0 unspecified atom stereocenters. The first-order valence-electron chi connectivity index (χ1n) is 6.25. The van der Waals surface area contributed by atoms with Crippen molar-refractivity contribution in [3.63, 3.8) is 0 Å². The number of β-lactam (4-membered cyclic amide) rings is 1. The van der Waals surface area contributed by atoms with Crippen LogP contribution < -0.4 is 5.32 Å². The lowest BCUT2D eigenvalue weighted by molar-refractivity contribution is -0.141. The fraction of sp³-hybridized carbons (Fsp3) is 0.750. The second-order valence-corrected chi connectivity index (χ2v) is 5.64. The van der Waals surface area contributed by atoms with Gasteiger partial charge in [0.15, 0.2) is 0 Å². The first kappa shape index (κ1) is 12.9. The lowest BCUT2D eigenvalue weighted by atomic mass is 10.1. The van der Waals surface area contributed by atoms with E-state index in [2.05, 4.69) is 12.2 Å². The van der Waals surface area contributed by atoms with E-state index in [0.29, 0.717) is 0 Å². The maximum Gasteiger partial charge on any atom is 0.247 e. The van der Waals surface area contributed by atoms with E-state index in [1.54, 1.807) is 16.7 Å². The molecule has 0 aromatic heterocycles. The number of nitrogens with one attached hydrogen (secondary N) is 1. The summed E-state index contributed by atoms with van der Waals surface area (Å²) in [6.07, 6.45) is 5.36. The van der Waals surface area contributed by atoms with Crippen LogP contribution in [-0.4, -0.2) is 46.2 Å². The van der Waals surface area contributed by atoms with Crippen LogP contribution in [0.15, 0.2) is 11.8 Å². The summed E-state index contributed by atoms with van der Waals surface area (Å²) in [5.74, 6) is 0.975. The molecule has 1 saturated heterocycles. The third-order valence-electron chi connectivity index (χ3n) is 3.19. The number of thioether (sulfide) groups is 1. The summed E-state index contributed by atoms with van der Waals surface area (Å²) in [4.78, 5) is 13.6. The first-order chi connectivity index (χ1) is 8.27. The molecule has 1 fully saturated rings. The van der Waals surface area contributed by atoms with Gasteiger partial charge in [-0.15, -0.1) is 11.8 Å². The fourth-order valence-corrected chi connectivity index (χ4v) is 3.41. The number of fused-ring (bicyclic) bond motifs is 1. The molecule has 1 amide bonds. The Kier molecular flexibility index (Phi) is 4.48. The first-order valence-corrected chi connectivity index (χ1v) is 7.30. The molecule has 17 heavy (non-hydrogen) atoms. The van der Waals surface area contributed by atoms with Crippen LogP contribution in [0.4, 0.5) is 0 Å². The molecule has 0 bridgehead atoms. The lowest BCUT2D eigenvalue weighted by Gasteiger charge is -2.47. The van der Waals surface area contributed by atoms with E-state index >= 15 is 0 Å². The smallest absolute Gasteiger partial charge is 0.247 e. The van der Waals surface area contributed by atoms with Gasteiger partial charge in [-0.25, -0.2) is 0 Å². The highest BCUT2D eigenvalue weighted by molar-refractivity contribution is 8.00. The molecule has 2 aliphatic heterocycles. The van der Waals surface area contributed by atoms with Crippen molar-refractivity contribution in [1.29, 1.82) is 0 Å². The standard InChI is InChI=1S/C12H20N2O2S/c1-2-3-4-5-13-10-11(16)14-6-9(7-15)8-17-12(10)14/h6,10,12-13,15H,2-5,7-8H2,1H3/t10-,12-/m0/s1. The summed E-state index contributed by atoms with van der Waals surface area (Å²) in [6, 6.07) is -0.0200. The van der Waals surface area contributed by atoms with Crippen LogP contribution in [0, 0.1) is 0 Å². The third kappa shape index (κ3) is 2.67. The normalized spacial score (nSPS) is 27.5. The zero-order valence-electron chi connectivity index (χ0n) is 10.2. The van der Waals surface area contributed by atoms with Crippen molar-refractivity contribution in [2.24, 2.45) is 0 Å². The average molecular weight is 256 g/mol. The molecule has 2 rings (SSSR count). The molecule has 2 atom stereocenters. The predicted octanol–water partition coefficient (Wildman–Crippen LogP) is 0.926. The van der Waals surface area contributed by atoms with Crippen molar-refractivity contribution in [1.82, 2.24) is 10.2 Å². The van der Waals surface area contributed by atoms with Gasteiger partial charge in [0.25, 0.3) is 0 Å². The number of aliphatic hydroxyl groups excluding tert-OH is 1. The van der Waals surface area contributed by atoms with Crippen molar-refractivity contribution >= 4 is 17.7 Å². The van der Waals surface area contributed by atoms with Gasteiger partial charge in [0, 0.05) is 12.0 Å². The number of nitrogens with zero attached hydrogens (tertiary/aromatic N) is 1. The monoisotopic (exact) mass is 256 g/mol. The molecule has 0 aromatic rings. The van der Waals surface area contributed by atoms with Gasteiger partial charge in [-0.05, 0) is 18.5 Å². The Hall–Kier alpha value is -0.520. The summed E-state index contributed by atoms with van der Waals surface area (Å²) in [5.41, 5.74) is 0.934. The van der Waals surface area contributed by atoms with Gasteiger partial charge < -0.3 is 15.3 Å². The Bertz CT molecular complexity index is 320. The molecule has 2 N–H and O–H groups in total. The van der Waals surface area contributed by atoms with Crippen LogP contribution in [0.3, 0.4) is 0 Å². The summed E-state index contributed by atoms with van der Waals surface area (Å²) in [6.45, 7) is 3.15. The second kappa shape index (κ2) is 5.89.